The monoisotopic (exact) mass is 204 g/mol. The molecular weight excluding hydrogens is 188 g/mol. The van der Waals surface area contributed by atoms with Crippen LogP contribution < -0.4 is 4.74 Å². The van der Waals surface area contributed by atoms with Gasteiger partial charge in [0.2, 0.25) is 0 Å². The molecular formula is C13H16O2. The van der Waals surface area contributed by atoms with Crippen LogP contribution in [0.4, 0.5) is 0 Å². The van der Waals surface area contributed by atoms with E-state index in [0.29, 0.717) is 6.10 Å². The molecule has 0 amide bonds. The Balaban J connectivity index is 1.92. The second kappa shape index (κ2) is 3.24. The number of methoxy groups -OCH3 is 1. The van der Waals surface area contributed by atoms with Crippen molar-refractivity contribution in [2.45, 2.75) is 37.4 Å². The van der Waals surface area contributed by atoms with Gasteiger partial charge in [0.05, 0.1) is 13.2 Å². The number of hydrogen-bond donors (Lipinski definition) is 0. The second-order valence-corrected chi connectivity index (χ2v) is 4.47. The van der Waals surface area contributed by atoms with E-state index in [0.717, 1.165) is 5.75 Å². The minimum Gasteiger partial charge on any atom is -0.497 e. The summed E-state index contributed by atoms with van der Waals surface area (Å²) in [7, 11) is 1.71. The lowest BCUT2D eigenvalue weighted by molar-refractivity contribution is 0.288. The fourth-order valence-corrected chi connectivity index (χ4v) is 2.73. The predicted octanol–water partition coefficient (Wildman–Crippen LogP) is 2.86. The van der Waals surface area contributed by atoms with Gasteiger partial charge in [-0.1, -0.05) is 25.0 Å². The van der Waals surface area contributed by atoms with Gasteiger partial charge in [-0.15, -0.1) is 0 Å². The standard InChI is InChI=1S/C13H16O2/c1-14-11-6-4-5-10(9-11)13-8-3-2-7-12(13)15-13/h4-6,9,12H,2-3,7-8H2,1H3/t12?,13-/m1/s1. The maximum absolute atomic E-state index is 5.90. The lowest BCUT2D eigenvalue weighted by Crippen LogP contribution is -2.16. The number of benzene rings is 1. The molecule has 2 aliphatic rings. The lowest BCUT2D eigenvalue weighted by Gasteiger charge is -2.17. The molecule has 1 aromatic rings. The average molecular weight is 204 g/mol. The molecule has 3 rings (SSSR count). The number of rotatable bonds is 2. The molecule has 1 heterocycles. The summed E-state index contributed by atoms with van der Waals surface area (Å²) in [4.78, 5) is 0. The molecule has 0 N–H and O–H groups in total. The van der Waals surface area contributed by atoms with Crippen molar-refractivity contribution in [2.75, 3.05) is 7.11 Å². The molecule has 1 saturated heterocycles. The van der Waals surface area contributed by atoms with Crippen LogP contribution in [0.15, 0.2) is 24.3 Å². The molecule has 1 unspecified atom stereocenters. The Hall–Kier alpha value is -1.02. The Labute approximate surface area is 90.2 Å². The zero-order valence-electron chi connectivity index (χ0n) is 9.03. The summed E-state index contributed by atoms with van der Waals surface area (Å²) in [5.74, 6) is 0.932. The van der Waals surface area contributed by atoms with E-state index in [2.05, 4.69) is 18.2 Å². The fourth-order valence-electron chi connectivity index (χ4n) is 2.73. The van der Waals surface area contributed by atoms with Crippen LogP contribution in [-0.4, -0.2) is 13.2 Å². The van der Waals surface area contributed by atoms with Crippen molar-refractivity contribution >= 4 is 0 Å². The molecule has 0 bridgehead atoms. The molecule has 1 saturated carbocycles. The number of ether oxygens (including phenoxy) is 2. The molecule has 1 aliphatic heterocycles. The first-order valence-corrected chi connectivity index (χ1v) is 5.67. The molecule has 0 radical (unpaired) electrons. The van der Waals surface area contributed by atoms with E-state index >= 15 is 0 Å². The van der Waals surface area contributed by atoms with Gasteiger partial charge >= 0.3 is 0 Å². The Morgan fingerprint density at radius 1 is 1.40 bits per heavy atom. The maximum atomic E-state index is 5.90. The number of hydrogen-bond acceptors (Lipinski definition) is 2. The largest absolute Gasteiger partial charge is 0.497 e. The van der Waals surface area contributed by atoms with Crippen LogP contribution in [0.25, 0.3) is 0 Å². The molecule has 2 fully saturated rings. The lowest BCUT2D eigenvalue weighted by atomic mass is 9.84. The summed E-state index contributed by atoms with van der Waals surface area (Å²) in [5.41, 5.74) is 1.35. The van der Waals surface area contributed by atoms with Gasteiger partial charge in [0, 0.05) is 0 Å². The third kappa shape index (κ3) is 1.36. The number of epoxide rings is 1. The zero-order valence-corrected chi connectivity index (χ0v) is 9.03. The van der Waals surface area contributed by atoms with Crippen molar-refractivity contribution in [3.63, 3.8) is 0 Å². The van der Waals surface area contributed by atoms with Gasteiger partial charge in [-0.2, -0.15) is 0 Å². The van der Waals surface area contributed by atoms with Crippen LogP contribution in [0.3, 0.4) is 0 Å². The quantitative estimate of drug-likeness (QED) is 0.691. The van der Waals surface area contributed by atoms with E-state index in [1.807, 2.05) is 6.07 Å². The Bertz CT molecular complexity index is 375. The molecule has 15 heavy (non-hydrogen) atoms. The van der Waals surface area contributed by atoms with E-state index in [9.17, 15) is 0 Å². The average Bonchev–Trinajstić information content (AvgIpc) is 3.05. The summed E-state index contributed by atoms with van der Waals surface area (Å²) in [6.07, 6.45) is 5.46. The normalized spacial score (nSPS) is 33.3. The summed E-state index contributed by atoms with van der Waals surface area (Å²) >= 11 is 0. The van der Waals surface area contributed by atoms with Crippen LogP contribution in [0.5, 0.6) is 5.75 Å². The summed E-state index contributed by atoms with van der Waals surface area (Å²) < 4.78 is 11.1. The highest BCUT2D eigenvalue weighted by Crippen LogP contribution is 2.55. The molecule has 1 aromatic carbocycles. The van der Waals surface area contributed by atoms with Gasteiger partial charge < -0.3 is 9.47 Å². The van der Waals surface area contributed by atoms with Crippen molar-refractivity contribution < 1.29 is 9.47 Å². The van der Waals surface area contributed by atoms with Gasteiger partial charge in [0.1, 0.15) is 11.4 Å². The van der Waals surface area contributed by atoms with Crippen molar-refractivity contribution in [1.29, 1.82) is 0 Å². The first-order valence-electron chi connectivity index (χ1n) is 5.67. The van der Waals surface area contributed by atoms with Crippen LogP contribution in [0, 0.1) is 0 Å². The first-order chi connectivity index (χ1) is 7.35. The SMILES string of the molecule is COc1cccc([C@]23CCCCC2O3)c1. The van der Waals surface area contributed by atoms with Crippen LogP contribution in [-0.2, 0) is 10.3 Å². The van der Waals surface area contributed by atoms with Crippen molar-refractivity contribution in [3.05, 3.63) is 29.8 Å². The molecule has 2 heteroatoms. The Morgan fingerprint density at radius 3 is 3.13 bits per heavy atom. The number of fused-ring (bicyclic) bond motifs is 1. The van der Waals surface area contributed by atoms with Crippen LogP contribution in [0.1, 0.15) is 31.2 Å². The Morgan fingerprint density at radius 2 is 2.33 bits per heavy atom. The van der Waals surface area contributed by atoms with Crippen molar-refractivity contribution in [3.8, 4) is 5.75 Å². The highest BCUT2D eigenvalue weighted by molar-refractivity contribution is 5.36. The predicted molar refractivity (Wildman–Crippen MR) is 58.0 cm³/mol. The second-order valence-electron chi connectivity index (χ2n) is 4.47. The smallest absolute Gasteiger partial charge is 0.120 e. The van der Waals surface area contributed by atoms with E-state index < -0.39 is 0 Å². The molecule has 2 nitrogen and oxygen atoms in total. The van der Waals surface area contributed by atoms with Gasteiger partial charge in [0.15, 0.2) is 0 Å². The highest BCUT2D eigenvalue weighted by Gasteiger charge is 2.58. The third-order valence-electron chi connectivity index (χ3n) is 3.64. The Kier molecular flexibility index (Phi) is 1.99. The molecule has 0 spiro atoms. The first kappa shape index (κ1) is 9.22. The van der Waals surface area contributed by atoms with Crippen molar-refractivity contribution in [1.82, 2.24) is 0 Å². The summed E-state index contributed by atoms with van der Waals surface area (Å²) in [6.45, 7) is 0. The molecule has 2 atom stereocenters. The topological polar surface area (TPSA) is 21.8 Å². The molecule has 0 aromatic heterocycles. The minimum absolute atomic E-state index is 0.0484. The van der Waals surface area contributed by atoms with Gasteiger partial charge in [-0.25, -0.2) is 0 Å². The van der Waals surface area contributed by atoms with Crippen LogP contribution in [0.2, 0.25) is 0 Å². The maximum Gasteiger partial charge on any atom is 0.120 e. The molecule has 1 aliphatic carbocycles. The zero-order chi connectivity index (χ0) is 10.3. The summed E-state index contributed by atoms with van der Waals surface area (Å²) in [6, 6.07) is 8.32. The fraction of sp³-hybridized carbons (Fsp3) is 0.538. The van der Waals surface area contributed by atoms with Gasteiger partial charge in [-0.3, -0.25) is 0 Å². The van der Waals surface area contributed by atoms with Gasteiger partial charge in [-0.05, 0) is 30.5 Å². The summed E-state index contributed by atoms with van der Waals surface area (Å²) in [5, 5.41) is 0. The third-order valence-corrected chi connectivity index (χ3v) is 3.64. The van der Waals surface area contributed by atoms with Crippen LogP contribution >= 0.6 is 0 Å². The van der Waals surface area contributed by atoms with E-state index in [-0.39, 0.29) is 5.60 Å². The van der Waals surface area contributed by atoms with Gasteiger partial charge in [0.25, 0.3) is 0 Å². The van der Waals surface area contributed by atoms with Crippen molar-refractivity contribution in [2.24, 2.45) is 0 Å². The van der Waals surface area contributed by atoms with E-state index in [1.54, 1.807) is 7.11 Å². The minimum atomic E-state index is 0.0484. The highest BCUT2D eigenvalue weighted by atomic mass is 16.6. The molecule has 80 valence electrons. The van der Waals surface area contributed by atoms with E-state index in [4.69, 9.17) is 9.47 Å². The van der Waals surface area contributed by atoms with E-state index in [1.165, 1.54) is 31.2 Å².